The summed E-state index contributed by atoms with van der Waals surface area (Å²) in [4.78, 5) is 23.0. The van der Waals surface area contributed by atoms with E-state index < -0.39 is 0 Å². The number of hydrogen-bond donors (Lipinski definition) is 0. The Morgan fingerprint density at radius 3 is 2.38 bits per heavy atom. The standard InChI is InChI=1S/C18H21ClN4O/c1-21(2)17-13-14(12-16(19)20-17)18(24)23-10-8-22(9-11-23)15-6-4-3-5-7-15/h3-7,12-13H,8-11H2,1-2H3. The maximum Gasteiger partial charge on any atom is 0.254 e. The predicted octanol–water partition coefficient (Wildman–Crippen LogP) is 2.76. The molecule has 0 radical (unpaired) electrons. The van der Waals surface area contributed by atoms with E-state index in [4.69, 9.17) is 11.6 Å². The van der Waals surface area contributed by atoms with Crippen LogP contribution in [0, 0.1) is 0 Å². The highest BCUT2D eigenvalue weighted by molar-refractivity contribution is 6.29. The van der Waals surface area contributed by atoms with Gasteiger partial charge in [-0.2, -0.15) is 0 Å². The Labute approximate surface area is 147 Å². The molecule has 1 aromatic heterocycles. The molecule has 3 rings (SSSR count). The van der Waals surface area contributed by atoms with Crippen molar-refractivity contribution in [1.82, 2.24) is 9.88 Å². The minimum absolute atomic E-state index is 0.00936. The van der Waals surface area contributed by atoms with Crippen LogP contribution in [0.5, 0.6) is 0 Å². The van der Waals surface area contributed by atoms with Crippen LogP contribution in [0.1, 0.15) is 10.4 Å². The molecule has 0 atom stereocenters. The first-order chi connectivity index (χ1) is 11.5. The number of nitrogens with zero attached hydrogens (tertiary/aromatic N) is 4. The van der Waals surface area contributed by atoms with Gasteiger partial charge in [-0.15, -0.1) is 0 Å². The van der Waals surface area contributed by atoms with Gasteiger partial charge >= 0.3 is 0 Å². The van der Waals surface area contributed by atoms with Crippen LogP contribution >= 0.6 is 11.6 Å². The average Bonchev–Trinajstić information content (AvgIpc) is 2.61. The summed E-state index contributed by atoms with van der Waals surface area (Å²) < 4.78 is 0. The first-order valence-electron chi connectivity index (χ1n) is 7.99. The van der Waals surface area contributed by atoms with E-state index in [1.54, 1.807) is 12.1 Å². The van der Waals surface area contributed by atoms with E-state index >= 15 is 0 Å². The van der Waals surface area contributed by atoms with Crippen molar-refractivity contribution in [3.63, 3.8) is 0 Å². The number of hydrogen-bond acceptors (Lipinski definition) is 4. The highest BCUT2D eigenvalue weighted by Crippen LogP contribution is 2.20. The summed E-state index contributed by atoms with van der Waals surface area (Å²) in [5.41, 5.74) is 1.79. The third-order valence-corrected chi connectivity index (χ3v) is 4.37. The molecule has 1 aliphatic rings. The molecule has 1 fully saturated rings. The number of para-hydroxylation sites is 1. The molecule has 0 unspecified atom stereocenters. The van der Waals surface area contributed by atoms with Gasteiger partial charge in [0.25, 0.3) is 5.91 Å². The lowest BCUT2D eigenvalue weighted by atomic mass is 10.2. The molecule has 1 saturated heterocycles. The number of amides is 1. The number of piperazine rings is 1. The van der Waals surface area contributed by atoms with Gasteiger partial charge < -0.3 is 14.7 Å². The largest absolute Gasteiger partial charge is 0.368 e. The van der Waals surface area contributed by atoms with E-state index in [1.807, 2.05) is 42.1 Å². The molecule has 0 saturated carbocycles. The molecule has 1 aliphatic heterocycles. The zero-order valence-electron chi connectivity index (χ0n) is 13.9. The third-order valence-electron chi connectivity index (χ3n) is 4.17. The topological polar surface area (TPSA) is 39.7 Å². The van der Waals surface area contributed by atoms with Crippen molar-refractivity contribution in [2.75, 3.05) is 50.1 Å². The predicted molar refractivity (Wildman–Crippen MR) is 98.1 cm³/mol. The number of pyridine rings is 1. The minimum atomic E-state index is 0.00936. The van der Waals surface area contributed by atoms with Gasteiger partial charge in [-0.1, -0.05) is 29.8 Å². The lowest BCUT2D eigenvalue weighted by Crippen LogP contribution is -2.48. The smallest absolute Gasteiger partial charge is 0.254 e. The van der Waals surface area contributed by atoms with Gasteiger partial charge in [0.2, 0.25) is 0 Å². The Hall–Kier alpha value is -2.27. The Morgan fingerprint density at radius 1 is 1.08 bits per heavy atom. The van der Waals surface area contributed by atoms with Crippen molar-refractivity contribution in [1.29, 1.82) is 0 Å². The summed E-state index contributed by atoms with van der Waals surface area (Å²) in [6, 6.07) is 13.7. The number of carbonyl (C=O) groups excluding carboxylic acids is 1. The zero-order chi connectivity index (χ0) is 17.1. The number of carbonyl (C=O) groups is 1. The van der Waals surface area contributed by atoms with Crippen LogP contribution in [-0.4, -0.2) is 56.1 Å². The molecule has 5 nitrogen and oxygen atoms in total. The fraction of sp³-hybridized carbons (Fsp3) is 0.333. The van der Waals surface area contributed by atoms with Crippen LogP contribution in [0.2, 0.25) is 5.15 Å². The summed E-state index contributed by atoms with van der Waals surface area (Å²) >= 11 is 6.06. The first-order valence-corrected chi connectivity index (χ1v) is 8.36. The Morgan fingerprint density at radius 2 is 1.75 bits per heavy atom. The summed E-state index contributed by atoms with van der Waals surface area (Å²) in [5.74, 6) is 0.698. The molecule has 2 aromatic rings. The van der Waals surface area contributed by atoms with Gasteiger partial charge in [-0.3, -0.25) is 4.79 Å². The fourth-order valence-electron chi connectivity index (χ4n) is 2.82. The maximum absolute atomic E-state index is 12.8. The number of aromatic nitrogens is 1. The van der Waals surface area contributed by atoms with E-state index in [0.29, 0.717) is 29.6 Å². The van der Waals surface area contributed by atoms with E-state index in [-0.39, 0.29) is 5.91 Å². The molecule has 1 aromatic carbocycles. The molecule has 2 heterocycles. The van der Waals surface area contributed by atoms with Crippen molar-refractivity contribution < 1.29 is 4.79 Å². The molecule has 0 spiro atoms. The van der Waals surface area contributed by atoms with Gasteiger partial charge in [-0.05, 0) is 24.3 Å². The minimum Gasteiger partial charge on any atom is -0.368 e. The average molecular weight is 345 g/mol. The molecule has 0 N–H and O–H groups in total. The quantitative estimate of drug-likeness (QED) is 0.803. The van der Waals surface area contributed by atoms with E-state index in [9.17, 15) is 4.79 Å². The van der Waals surface area contributed by atoms with Gasteiger partial charge in [-0.25, -0.2) is 4.98 Å². The van der Waals surface area contributed by atoms with E-state index in [1.165, 1.54) is 5.69 Å². The Bertz CT molecular complexity index is 712. The second-order valence-corrected chi connectivity index (χ2v) is 6.43. The van der Waals surface area contributed by atoms with Crippen LogP contribution in [-0.2, 0) is 0 Å². The molecular weight excluding hydrogens is 324 g/mol. The summed E-state index contributed by atoms with van der Waals surface area (Å²) in [7, 11) is 3.76. The van der Waals surface area contributed by atoms with E-state index in [2.05, 4.69) is 22.0 Å². The van der Waals surface area contributed by atoms with Crippen molar-refractivity contribution in [2.24, 2.45) is 0 Å². The van der Waals surface area contributed by atoms with Crippen LogP contribution in [0.15, 0.2) is 42.5 Å². The molecule has 0 bridgehead atoms. The van der Waals surface area contributed by atoms with Crippen LogP contribution in [0.3, 0.4) is 0 Å². The van der Waals surface area contributed by atoms with Gasteiger partial charge in [0.1, 0.15) is 11.0 Å². The van der Waals surface area contributed by atoms with Gasteiger partial charge in [0.05, 0.1) is 0 Å². The van der Waals surface area contributed by atoms with Crippen LogP contribution < -0.4 is 9.80 Å². The molecule has 24 heavy (non-hydrogen) atoms. The summed E-state index contributed by atoms with van der Waals surface area (Å²) in [6.45, 7) is 3.06. The van der Waals surface area contributed by atoms with Crippen molar-refractivity contribution in [3.05, 3.63) is 53.2 Å². The number of benzene rings is 1. The molecular formula is C18H21ClN4O. The number of anilines is 2. The highest BCUT2D eigenvalue weighted by atomic mass is 35.5. The molecule has 1 amide bonds. The van der Waals surface area contributed by atoms with Crippen molar-refractivity contribution in [2.45, 2.75) is 0 Å². The lowest BCUT2D eigenvalue weighted by Gasteiger charge is -2.36. The molecule has 126 valence electrons. The number of rotatable bonds is 3. The SMILES string of the molecule is CN(C)c1cc(C(=O)N2CCN(c3ccccc3)CC2)cc(Cl)n1. The second kappa shape index (κ2) is 7.09. The molecule has 6 heteroatoms. The lowest BCUT2D eigenvalue weighted by molar-refractivity contribution is 0.0746. The highest BCUT2D eigenvalue weighted by Gasteiger charge is 2.23. The summed E-state index contributed by atoms with van der Waals surface area (Å²) in [6.07, 6.45) is 0. The normalized spacial score (nSPS) is 14.6. The van der Waals surface area contributed by atoms with E-state index in [0.717, 1.165) is 13.1 Å². The van der Waals surface area contributed by atoms with Gasteiger partial charge in [0.15, 0.2) is 0 Å². The maximum atomic E-state index is 12.8. The monoisotopic (exact) mass is 344 g/mol. The summed E-state index contributed by atoms with van der Waals surface area (Å²) in [5, 5.41) is 0.340. The van der Waals surface area contributed by atoms with Crippen LogP contribution in [0.4, 0.5) is 11.5 Å². The van der Waals surface area contributed by atoms with Gasteiger partial charge in [0, 0.05) is 51.5 Å². The Kier molecular flexibility index (Phi) is 4.90. The van der Waals surface area contributed by atoms with Crippen molar-refractivity contribution >= 4 is 29.0 Å². The van der Waals surface area contributed by atoms with Crippen LogP contribution in [0.25, 0.3) is 0 Å². The Balaban J connectivity index is 1.69. The number of halogens is 1. The fourth-order valence-corrected chi connectivity index (χ4v) is 3.03. The first kappa shape index (κ1) is 16.6. The molecule has 0 aliphatic carbocycles. The van der Waals surface area contributed by atoms with Crippen molar-refractivity contribution in [3.8, 4) is 0 Å². The third kappa shape index (κ3) is 3.62. The second-order valence-electron chi connectivity index (χ2n) is 6.05. The zero-order valence-corrected chi connectivity index (χ0v) is 14.7.